The van der Waals surface area contributed by atoms with Crippen LogP contribution in [0.1, 0.15) is 10.4 Å². The number of nitrogens with zero attached hydrogens (tertiary/aromatic N) is 2. The second-order valence-electron chi connectivity index (χ2n) is 3.34. The van der Waals surface area contributed by atoms with E-state index in [1.807, 2.05) is 0 Å². The van der Waals surface area contributed by atoms with Gasteiger partial charge in [0, 0.05) is 5.69 Å². The molecule has 0 aliphatic rings. The Labute approximate surface area is 112 Å². The standard InChI is InChI=1S/C11H6Cl2FN3O/c12-9-5-8(10(13)17-16-9)11(18)15-7-3-1-2-6(14)4-7/h1-5H,(H,15,18). The van der Waals surface area contributed by atoms with Gasteiger partial charge in [0.25, 0.3) is 5.91 Å². The van der Waals surface area contributed by atoms with Crippen LogP contribution in [0.3, 0.4) is 0 Å². The Morgan fingerprint density at radius 2 is 2.00 bits per heavy atom. The van der Waals surface area contributed by atoms with Crippen molar-refractivity contribution < 1.29 is 9.18 Å². The van der Waals surface area contributed by atoms with Crippen molar-refractivity contribution in [1.82, 2.24) is 10.2 Å². The average Bonchev–Trinajstić information content (AvgIpc) is 2.32. The number of carbonyl (C=O) groups excluding carboxylic acids is 1. The molecule has 1 aromatic carbocycles. The Morgan fingerprint density at radius 1 is 1.22 bits per heavy atom. The Hall–Kier alpha value is -1.72. The molecule has 0 bridgehead atoms. The summed E-state index contributed by atoms with van der Waals surface area (Å²) in [6.07, 6.45) is 0. The SMILES string of the molecule is O=C(Nc1cccc(F)c1)c1cc(Cl)nnc1Cl. The molecule has 0 radical (unpaired) electrons. The molecular weight excluding hydrogens is 280 g/mol. The number of rotatable bonds is 2. The van der Waals surface area contributed by atoms with Crippen molar-refractivity contribution in [2.45, 2.75) is 0 Å². The highest BCUT2D eigenvalue weighted by molar-refractivity contribution is 6.34. The van der Waals surface area contributed by atoms with Crippen molar-refractivity contribution in [3.63, 3.8) is 0 Å². The van der Waals surface area contributed by atoms with Gasteiger partial charge in [-0.15, -0.1) is 10.2 Å². The second-order valence-corrected chi connectivity index (χ2v) is 4.08. The van der Waals surface area contributed by atoms with Crippen molar-refractivity contribution in [3.8, 4) is 0 Å². The van der Waals surface area contributed by atoms with Gasteiger partial charge in [0.05, 0.1) is 5.56 Å². The van der Waals surface area contributed by atoms with E-state index in [1.54, 1.807) is 6.07 Å². The number of nitrogens with one attached hydrogen (secondary N) is 1. The fourth-order valence-electron chi connectivity index (χ4n) is 1.28. The lowest BCUT2D eigenvalue weighted by Gasteiger charge is -2.06. The van der Waals surface area contributed by atoms with E-state index in [1.165, 1.54) is 24.3 Å². The maximum absolute atomic E-state index is 12.9. The fraction of sp³-hybridized carbons (Fsp3) is 0. The molecule has 1 aromatic heterocycles. The van der Waals surface area contributed by atoms with Crippen LogP contribution < -0.4 is 5.32 Å². The number of hydrogen-bond donors (Lipinski definition) is 1. The van der Waals surface area contributed by atoms with E-state index in [-0.39, 0.29) is 15.9 Å². The zero-order chi connectivity index (χ0) is 13.1. The summed E-state index contributed by atoms with van der Waals surface area (Å²) >= 11 is 11.3. The van der Waals surface area contributed by atoms with Gasteiger partial charge in [-0.1, -0.05) is 29.3 Å². The summed E-state index contributed by atoms with van der Waals surface area (Å²) in [4.78, 5) is 11.9. The van der Waals surface area contributed by atoms with Gasteiger partial charge in [0.2, 0.25) is 0 Å². The number of amides is 1. The molecule has 0 unspecified atom stereocenters. The molecule has 2 rings (SSSR count). The van der Waals surface area contributed by atoms with Crippen LogP contribution in [0.2, 0.25) is 10.3 Å². The normalized spacial score (nSPS) is 10.2. The summed E-state index contributed by atoms with van der Waals surface area (Å²) in [5.41, 5.74) is 0.380. The summed E-state index contributed by atoms with van der Waals surface area (Å²) in [7, 11) is 0. The number of carbonyl (C=O) groups is 1. The fourth-order valence-corrected chi connectivity index (χ4v) is 1.60. The molecule has 1 amide bonds. The second kappa shape index (κ2) is 5.29. The van der Waals surface area contributed by atoms with Gasteiger partial charge in [-0.3, -0.25) is 4.79 Å². The maximum Gasteiger partial charge on any atom is 0.258 e. The molecule has 7 heteroatoms. The largest absolute Gasteiger partial charge is 0.322 e. The van der Waals surface area contributed by atoms with Crippen molar-refractivity contribution in [1.29, 1.82) is 0 Å². The highest BCUT2D eigenvalue weighted by atomic mass is 35.5. The summed E-state index contributed by atoms with van der Waals surface area (Å²) < 4.78 is 12.9. The van der Waals surface area contributed by atoms with Crippen molar-refractivity contribution in [2.75, 3.05) is 5.32 Å². The monoisotopic (exact) mass is 285 g/mol. The minimum Gasteiger partial charge on any atom is -0.322 e. The predicted molar refractivity (Wildman–Crippen MR) is 66.4 cm³/mol. The molecule has 1 heterocycles. The first-order chi connectivity index (χ1) is 8.56. The highest BCUT2D eigenvalue weighted by Crippen LogP contribution is 2.17. The molecule has 0 fully saturated rings. The van der Waals surface area contributed by atoms with Gasteiger partial charge < -0.3 is 5.32 Å². The van der Waals surface area contributed by atoms with Crippen LogP contribution in [0.25, 0.3) is 0 Å². The van der Waals surface area contributed by atoms with Crippen molar-refractivity contribution in [3.05, 3.63) is 52.0 Å². The van der Waals surface area contributed by atoms with E-state index in [2.05, 4.69) is 15.5 Å². The molecule has 0 atom stereocenters. The maximum atomic E-state index is 12.9. The van der Waals surface area contributed by atoms with E-state index in [0.717, 1.165) is 0 Å². The summed E-state index contributed by atoms with van der Waals surface area (Å²) in [6.45, 7) is 0. The lowest BCUT2D eigenvalue weighted by molar-refractivity contribution is 0.102. The third-order valence-corrected chi connectivity index (χ3v) is 2.51. The van der Waals surface area contributed by atoms with Crippen LogP contribution in [0.4, 0.5) is 10.1 Å². The molecule has 0 saturated carbocycles. The third kappa shape index (κ3) is 2.94. The van der Waals surface area contributed by atoms with E-state index in [0.29, 0.717) is 5.69 Å². The Bertz CT molecular complexity index is 607. The van der Waals surface area contributed by atoms with Crippen LogP contribution in [0, 0.1) is 5.82 Å². The number of hydrogen-bond acceptors (Lipinski definition) is 3. The first-order valence-electron chi connectivity index (χ1n) is 4.82. The zero-order valence-electron chi connectivity index (χ0n) is 8.82. The summed E-state index contributed by atoms with van der Waals surface area (Å²) in [6, 6.07) is 6.76. The van der Waals surface area contributed by atoms with Crippen LogP contribution in [0.5, 0.6) is 0 Å². The molecule has 4 nitrogen and oxygen atoms in total. The van der Waals surface area contributed by atoms with E-state index in [9.17, 15) is 9.18 Å². The average molecular weight is 286 g/mol. The number of aromatic nitrogens is 2. The molecule has 1 N–H and O–H groups in total. The van der Waals surface area contributed by atoms with Crippen LogP contribution in [-0.4, -0.2) is 16.1 Å². The molecule has 18 heavy (non-hydrogen) atoms. The smallest absolute Gasteiger partial charge is 0.258 e. The topological polar surface area (TPSA) is 54.9 Å². The first kappa shape index (κ1) is 12.7. The molecule has 0 saturated heterocycles. The number of benzene rings is 1. The van der Waals surface area contributed by atoms with Gasteiger partial charge in [0.1, 0.15) is 5.82 Å². The van der Waals surface area contributed by atoms with Crippen molar-refractivity contribution in [2.24, 2.45) is 0 Å². The van der Waals surface area contributed by atoms with E-state index in [4.69, 9.17) is 23.2 Å². The van der Waals surface area contributed by atoms with Crippen LogP contribution in [-0.2, 0) is 0 Å². The molecular formula is C11H6Cl2FN3O. The van der Waals surface area contributed by atoms with Gasteiger partial charge >= 0.3 is 0 Å². The number of halogens is 3. The highest BCUT2D eigenvalue weighted by Gasteiger charge is 2.13. The van der Waals surface area contributed by atoms with E-state index >= 15 is 0 Å². The number of anilines is 1. The van der Waals surface area contributed by atoms with Crippen LogP contribution in [0.15, 0.2) is 30.3 Å². The van der Waals surface area contributed by atoms with Gasteiger partial charge in [-0.05, 0) is 24.3 Å². The predicted octanol–water partition coefficient (Wildman–Crippen LogP) is 3.17. The minimum atomic E-state index is -0.539. The Morgan fingerprint density at radius 3 is 2.72 bits per heavy atom. The first-order valence-corrected chi connectivity index (χ1v) is 5.57. The Balaban J connectivity index is 2.24. The van der Waals surface area contributed by atoms with E-state index < -0.39 is 11.7 Å². The quantitative estimate of drug-likeness (QED) is 0.922. The summed E-state index contributed by atoms with van der Waals surface area (Å²) in [5, 5.41) is 9.44. The molecule has 0 aliphatic heterocycles. The lowest BCUT2D eigenvalue weighted by atomic mass is 10.2. The molecule has 92 valence electrons. The third-order valence-electron chi connectivity index (χ3n) is 2.05. The van der Waals surface area contributed by atoms with Crippen molar-refractivity contribution >= 4 is 34.8 Å². The summed E-state index contributed by atoms with van der Waals surface area (Å²) in [5.74, 6) is -0.993. The Kier molecular flexibility index (Phi) is 3.74. The lowest BCUT2D eigenvalue weighted by Crippen LogP contribution is -2.13. The van der Waals surface area contributed by atoms with Gasteiger partial charge in [-0.25, -0.2) is 4.39 Å². The zero-order valence-corrected chi connectivity index (χ0v) is 10.3. The van der Waals surface area contributed by atoms with Crippen LogP contribution >= 0.6 is 23.2 Å². The minimum absolute atomic E-state index is 0.0452. The molecule has 0 aliphatic carbocycles. The van der Waals surface area contributed by atoms with Gasteiger partial charge in [-0.2, -0.15) is 0 Å². The molecule has 0 spiro atoms. The molecule has 2 aromatic rings. The van der Waals surface area contributed by atoms with Gasteiger partial charge in [0.15, 0.2) is 10.3 Å².